The predicted molar refractivity (Wildman–Crippen MR) is 108 cm³/mol. The zero-order valence-corrected chi connectivity index (χ0v) is 16.0. The van der Waals surface area contributed by atoms with E-state index in [1.807, 2.05) is 6.07 Å². The number of benzene rings is 2. The fourth-order valence-corrected chi connectivity index (χ4v) is 2.91. The Morgan fingerprint density at radius 1 is 1.03 bits per heavy atom. The van der Waals surface area contributed by atoms with Crippen molar-refractivity contribution in [2.45, 2.75) is 13.0 Å². The lowest BCUT2D eigenvalue weighted by atomic mass is 10.1. The summed E-state index contributed by atoms with van der Waals surface area (Å²) in [5.41, 5.74) is 4.62. The number of aromatic carboxylic acids is 1. The number of rotatable bonds is 5. The summed E-state index contributed by atoms with van der Waals surface area (Å²) in [6.45, 7) is 1.87. The molecule has 0 radical (unpaired) electrons. The van der Waals surface area contributed by atoms with Crippen molar-refractivity contribution in [1.82, 2.24) is 5.43 Å². The Morgan fingerprint density at radius 2 is 1.77 bits per heavy atom. The molecule has 2 aromatic carbocycles. The maximum Gasteiger partial charge on any atom is 0.371 e. The molecule has 8 nitrogen and oxygen atoms in total. The molecule has 0 unspecified atom stereocenters. The summed E-state index contributed by atoms with van der Waals surface area (Å²) >= 11 is 0. The average Bonchev–Trinajstić information content (AvgIpc) is 3.28. The first-order chi connectivity index (χ1) is 14.5. The summed E-state index contributed by atoms with van der Waals surface area (Å²) < 4.78 is 16.5. The van der Waals surface area contributed by atoms with E-state index in [4.69, 9.17) is 19.0 Å². The highest BCUT2D eigenvalue weighted by atomic mass is 16.6. The van der Waals surface area contributed by atoms with Crippen LogP contribution in [0, 0.1) is 0 Å². The number of hydrogen-bond donors (Lipinski definition) is 2. The minimum atomic E-state index is -1.12. The zero-order valence-electron chi connectivity index (χ0n) is 16.0. The van der Waals surface area contributed by atoms with Crippen LogP contribution in [0.5, 0.6) is 11.5 Å². The van der Waals surface area contributed by atoms with Gasteiger partial charge in [0.2, 0.25) is 11.9 Å². The number of furan rings is 1. The molecule has 3 aromatic rings. The molecule has 0 bridgehead atoms. The molecule has 0 saturated carbocycles. The van der Waals surface area contributed by atoms with E-state index in [9.17, 15) is 9.59 Å². The third kappa shape index (κ3) is 4.02. The Morgan fingerprint density at radius 3 is 2.47 bits per heavy atom. The van der Waals surface area contributed by atoms with Gasteiger partial charge in [-0.1, -0.05) is 36.4 Å². The number of carbonyl (C=O) groups excluding carboxylic acids is 1. The molecule has 0 saturated heterocycles. The number of fused-ring (bicyclic) bond motifs is 1. The Hall–Kier alpha value is -4.07. The highest BCUT2D eigenvalue weighted by molar-refractivity contribution is 5.99. The second-order valence-electron chi connectivity index (χ2n) is 6.58. The first kappa shape index (κ1) is 19.3. The molecule has 2 N–H and O–H groups in total. The molecule has 4 rings (SSSR count). The van der Waals surface area contributed by atoms with Gasteiger partial charge in [-0.15, -0.1) is 0 Å². The van der Waals surface area contributed by atoms with Crippen molar-refractivity contribution in [3.63, 3.8) is 0 Å². The molecule has 0 fully saturated rings. The van der Waals surface area contributed by atoms with E-state index >= 15 is 0 Å². The summed E-state index contributed by atoms with van der Waals surface area (Å²) in [4.78, 5) is 23.3. The standard InChI is InChI=1S/C22H18N2O6/c1-13(14-6-8-15(9-7-14)16-10-11-19(29-16)22(26)27)23-24-21(25)20-12-28-17-4-2-3-5-18(17)30-20/h2-11,20H,12H2,1H3,(H,24,25)(H,26,27)/b23-13-/t20-/m1/s1. The molecule has 1 atom stereocenters. The van der Waals surface area contributed by atoms with Crippen LogP contribution in [0.25, 0.3) is 11.3 Å². The Labute approximate surface area is 171 Å². The number of carbonyl (C=O) groups is 2. The van der Waals surface area contributed by atoms with E-state index in [0.717, 1.165) is 11.1 Å². The molecule has 0 spiro atoms. The highest BCUT2D eigenvalue weighted by Gasteiger charge is 2.27. The van der Waals surface area contributed by atoms with Gasteiger partial charge >= 0.3 is 5.97 Å². The van der Waals surface area contributed by atoms with Crippen molar-refractivity contribution < 1.29 is 28.6 Å². The summed E-state index contributed by atoms with van der Waals surface area (Å²) in [6.07, 6.45) is -0.791. The molecule has 2 heterocycles. The van der Waals surface area contributed by atoms with Crippen LogP contribution in [-0.4, -0.2) is 35.4 Å². The number of para-hydroxylation sites is 2. The van der Waals surface area contributed by atoms with Gasteiger partial charge in [-0.3, -0.25) is 4.79 Å². The van der Waals surface area contributed by atoms with Crippen LogP contribution < -0.4 is 14.9 Å². The van der Waals surface area contributed by atoms with Crippen LogP contribution in [-0.2, 0) is 4.79 Å². The van der Waals surface area contributed by atoms with Gasteiger partial charge < -0.3 is 19.0 Å². The van der Waals surface area contributed by atoms with Gasteiger partial charge in [-0.05, 0) is 36.8 Å². The van der Waals surface area contributed by atoms with Gasteiger partial charge in [0.05, 0.1) is 5.71 Å². The second-order valence-corrected chi connectivity index (χ2v) is 6.58. The molecule has 1 aliphatic heterocycles. The fourth-order valence-electron chi connectivity index (χ4n) is 2.91. The van der Waals surface area contributed by atoms with E-state index in [1.54, 1.807) is 55.5 Å². The Bertz CT molecular complexity index is 1120. The summed E-state index contributed by atoms with van der Waals surface area (Å²) in [5, 5.41) is 13.1. The number of carboxylic acid groups (broad SMARTS) is 1. The van der Waals surface area contributed by atoms with Crippen molar-refractivity contribution in [2.24, 2.45) is 5.10 Å². The van der Waals surface area contributed by atoms with Gasteiger partial charge in [0, 0.05) is 5.56 Å². The van der Waals surface area contributed by atoms with E-state index in [-0.39, 0.29) is 12.4 Å². The molecule has 1 aliphatic rings. The van der Waals surface area contributed by atoms with Crippen LogP contribution in [0.15, 0.2) is 70.2 Å². The lowest BCUT2D eigenvalue weighted by Gasteiger charge is -2.24. The van der Waals surface area contributed by atoms with E-state index in [2.05, 4.69) is 10.5 Å². The third-order valence-corrected chi connectivity index (χ3v) is 4.54. The smallest absolute Gasteiger partial charge is 0.371 e. The minimum absolute atomic E-state index is 0.105. The predicted octanol–water partition coefficient (Wildman–Crippen LogP) is 3.33. The van der Waals surface area contributed by atoms with Crippen molar-refractivity contribution in [3.05, 3.63) is 72.0 Å². The average molecular weight is 406 g/mol. The summed E-state index contributed by atoms with van der Waals surface area (Å²) in [5.74, 6) is -0.0650. The van der Waals surface area contributed by atoms with Crippen molar-refractivity contribution in [1.29, 1.82) is 0 Å². The SMILES string of the molecule is C/C(=N/NC(=O)[C@H]1COc2ccccc2O1)c1ccc(-c2ccc(C(=O)O)o2)cc1. The highest BCUT2D eigenvalue weighted by Crippen LogP contribution is 2.30. The van der Waals surface area contributed by atoms with Gasteiger partial charge in [0.1, 0.15) is 12.4 Å². The van der Waals surface area contributed by atoms with Crippen molar-refractivity contribution in [3.8, 4) is 22.8 Å². The largest absolute Gasteiger partial charge is 0.485 e. The van der Waals surface area contributed by atoms with Crippen LogP contribution in [0.1, 0.15) is 23.0 Å². The zero-order chi connectivity index (χ0) is 21.1. The molecule has 0 aliphatic carbocycles. The number of hydrogen-bond acceptors (Lipinski definition) is 6. The second kappa shape index (κ2) is 8.12. The molecular weight excluding hydrogens is 388 g/mol. The molecule has 1 aromatic heterocycles. The van der Waals surface area contributed by atoms with Crippen LogP contribution in [0.3, 0.4) is 0 Å². The number of amides is 1. The topological polar surface area (TPSA) is 110 Å². The van der Waals surface area contributed by atoms with Gasteiger partial charge in [-0.2, -0.15) is 5.10 Å². The van der Waals surface area contributed by atoms with E-state index in [1.165, 1.54) is 6.07 Å². The fraction of sp³-hybridized carbons (Fsp3) is 0.136. The van der Waals surface area contributed by atoms with Gasteiger partial charge in [0.25, 0.3) is 5.91 Å². The van der Waals surface area contributed by atoms with Crippen molar-refractivity contribution in [2.75, 3.05) is 6.61 Å². The Kier molecular flexibility index (Phi) is 5.21. The number of nitrogens with one attached hydrogen (secondary N) is 1. The lowest BCUT2D eigenvalue weighted by molar-refractivity contribution is -0.130. The molecule has 1 amide bonds. The van der Waals surface area contributed by atoms with Gasteiger partial charge in [-0.25, -0.2) is 10.2 Å². The third-order valence-electron chi connectivity index (χ3n) is 4.54. The van der Waals surface area contributed by atoms with Crippen LogP contribution in [0.2, 0.25) is 0 Å². The normalized spacial score (nSPS) is 15.5. The molecule has 8 heteroatoms. The lowest BCUT2D eigenvalue weighted by Crippen LogP contribution is -2.42. The molecule has 152 valence electrons. The Balaban J connectivity index is 1.39. The summed E-state index contributed by atoms with van der Waals surface area (Å²) in [6, 6.07) is 17.3. The molecular formula is C22H18N2O6. The van der Waals surface area contributed by atoms with E-state index in [0.29, 0.717) is 23.0 Å². The number of ether oxygens (including phenoxy) is 2. The first-order valence-electron chi connectivity index (χ1n) is 9.18. The monoisotopic (exact) mass is 406 g/mol. The maximum atomic E-state index is 12.4. The van der Waals surface area contributed by atoms with E-state index < -0.39 is 18.0 Å². The number of hydrazone groups is 1. The van der Waals surface area contributed by atoms with Gasteiger partial charge in [0.15, 0.2) is 11.5 Å². The number of nitrogens with zero attached hydrogens (tertiary/aromatic N) is 1. The van der Waals surface area contributed by atoms with Crippen LogP contribution in [0.4, 0.5) is 0 Å². The molecule has 30 heavy (non-hydrogen) atoms. The first-order valence-corrected chi connectivity index (χ1v) is 9.18. The minimum Gasteiger partial charge on any atom is -0.485 e. The quantitative estimate of drug-likeness (QED) is 0.497. The van der Waals surface area contributed by atoms with Crippen LogP contribution >= 0.6 is 0 Å². The summed E-state index contributed by atoms with van der Waals surface area (Å²) in [7, 11) is 0. The number of carboxylic acids is 1. The maximum absolute atomic E-state index is 12.4. The van der Waals surface area contributed by atoms with Crippen molar-refractivity contribution >= 4 is 17.6 Å².